The van der Waals surface area contributed by atoms with Crippen LogP contribution in [0.25, 0.3) is 0 Å². The fourth-order valence-electron chi connectivity index (χ4n) is 3.15. The molecule has 21 heavy (non-hydrogen) atoms. The van der Waals surface area contributed by atoms with Gasteiger partial charge >= 0.3 is 0 Å². The summed E-state index contributed by atoms with van der Waals surface area (Å²) < 4.78 is 5.30. The minimum atomic E-state index is -0.713. The zero-order valence-corrected chi connectivity index (χ0v) is 12.2. The largest absolute Gasteiger partial charge is 0.391 e. The normalized spacial score (nSPS) is 20.3. The van der Waals surface area contributed by atoms with Gasteiger partial charge in [0.2, 0.25) is 5.89 Å². The lowest BCUT2D eigenvalue weighted by atomic mass is 9.78. The smallest absolute Gasteiger partial charge is 0.246 e. The molecule has 0 amide bonds. The Morgan fingerprint density at radius 2 is 1.90 bits per heavy atom. The molecule has 3 rings (SSSR count). The Morgan fingerprint density at radius 1 is 1.24 bits per heavy atom. The highest BCUT2D eigenvalue weighted by Gasteiger charge is 2.41. The summed E-state index contributed by atoms with van der Waals surface area (Å²) >= 11 is 0. The molecular weight excluding hydrogens is 266 g/mol. The van der Waals surface area contributed by atoms with E-state index in [1.165, 1.54) is 5.56 Å². The van der Waals surface area contributed by atoms with Crippen LogP contribution in [0.2, 0.25) is 0 Å². The van der Waals surface area contributed by atoms with Crippen molar-refractivity contribution < 1.29 is 9.63 Å². The second-order valence-electron chi connectivity index (χ2n) is 5.88. The van der Waals surface area contributed by atoms with Crippen molar-refractivity contribution in [3.63, 3.8) is 0 Å². The van der Waals surface area contributed by atoms with Gasteiger partial charge in [-0.15, -0.1) is 0 Å². The highest BCUT2D eigenvalue weighted by atomic mass is 16.5. The van der Waals surface area contributed by atoms with Crippen molar-refractivity contribution in [2.24, 2.45) is 5.73 Å². The molecule has 1 aliphatic carbocycles. The van der Waals surface area contributed by atoms with E-state index in [9.17, 15) is 5.11 Å². The van der Waals surface area contributed by atoms with E-state index in [1.807, 2.05) is 18.2 Å². The van der Waals surface area contributed by atoms with Gasteiger partial charge in [-0.2, -0.15) is 4.98 Å². The molecule has 0 radical (unpaired) electrons. The number of aliphatic hydroxyl groups excluding tert-OH is 1. The maximum atomic E-state index is 9.58. The van der Waals surface area contributed by atoms with Gasteiger partial charge in [0.1, 0.15) is 6.04 Å². The number of aliphatic hydroxyl groups is 1. The van der Waals surface area contributed by atoms with Crippen LogP contribution in [0.3, 0.4) is 0 Å². The van der Waals surface area contributed by atoms with Crippen molar-refractivity contribution in [2.45, 2.75) is 50.2 Å². The van der Waals surface area contributed by atoms with Crippen LogP contribution >= 0.6 is 0 Å². The van der Waals surface area contributed by atoms with E-state index in [-0.39, 0.29) is 5.41 Å². The first-order chi connectivity index (χ1) is 10.1. The fraction of sp³-hybridized carbons (Fsp3) is 0.500. The maximum Gasteiger partial charge on any atom is 0.246 e. The van der Waals surface area contributed by atoms with Crippen molar-refractivity contribution in [2.75, 3.05) is 0 Å². The van der Waals surface area contributed by atoms with E-state index >= 15 is 0 Å². The number of rotatable bonds is 4. The molecule has 2 aromatic rings. The number of hydrogen-bond acceptors (Lipinski definition) is 5. The lowest BCUT2D eigenvalue weighted by Gasteiger charge is -2.25. The van der Waals surface area contributed by atoms with Crippen LogP contribution < -0.4 is 5.73 Å². The number of hydrogen-bond donors (Lipinski definition) is 2. The fourth-order valence-corrected chi connectivity index (χ4v) is 3.15. The molecule has 2 unspecified atom stereocenters. The molecule has 1 saturated carbocycles. The first-order valence-electron chi connectivity index (χ1n) is 7.47. The molecule has 0 bridgehead atoms. The summed E-state index contributed by atoms with van der Waals surface area (Å²) in [6.45, 7) is 1.62. The molecule has 1 fully saturated rings. The Hall–Kier alpha value is -1.72. The number of nitrogens with zero attached hydrogens (tertiary/aromatic N) is 2. The molecule has 0 saturated heterocycles. The van der Waals surface area contributed by atoms with Crippen molar-refractivity contribution in [1.82, 2.24) is 10.1 Å². The van der Waals surface area contributed by atoms with Gasteiger partial charge in [0, 0.05) is 0 Å². The molecule has 5 heteroatoms. The molecule has 1 aliphatic rings. The van der Waals surface area contributed by atoms with Crippen molar-refractivity contribution >= 4 is 0 Å². The second kappa shape index (κ2) is 5.58. The van der Waals surface area contributed by atoms with Crippen LogP contribution in [0.1, 0.15) is 55.9 Å². The summed E-state index contributed by atoms with van der Waals surface area (Å²) in [5.41, 5.74) is 6.93. The third-order valence-electron chi connectivity index (χ3n) is 4.46. The molecule has 0 aliphatic heterocycles. The van der Waals surface area contributed by atoms with Crippen molar-refractivity contribution in [1.29, 1.82) is 0 Å². The molecule has 1 aromatic carbocycles. The first-order valence-corrected chi connectivity index (χ1v) is 7.47. The van der Waals surface area contributed by atoms with Crippen LogP contribution in [0.4, 0.5) is 0 Å². The second-order valence-corrected chi connectivity index (χ2v) is 5.88. The van der Waals surface area contributed by atoms with E-state index < -0.39 is 12.1 Å². The molecule has 0 spiro atoms. The number of nitrogens with two attached hydrogens (primary N) is 1. The third-order valence-corrected chi connectivity index (χ3v) is 4.46. The molecule has 5 nitrogen and oxygen atoms in total. The van der Waals surface area contributed by atoms with Gasteiger partial charge in [0.25, 0.3) is 0 Å². The van der Waals surface area contributed by atoms with E-state index in [0.29, 0.717) is 11.7 Å². The van der Waals surface area contributed by atoms with Gasteiger partial charge < -0.3 is 15.4 Å². The highest BCUT2D eigenvalue weighted by Crippen LogP contribution is 2.45. The quantitative estimate of drug-likeness (QED) is 0.901. The zero-order valence-electron chi connectivity index (χ0n) is 12.2. The van der Waals surface area contributed by atoms with E-state index in [1.54, 1.807) is 6.92 Å². The van der Waals surface area contributed by atoms with Crippen LogP contribution in [-0.4, -0.2) is 21.4 Å². The Kier molecular flexibility index (Phi) is 3.78. The SMILES string of the molecule is CC(O)C(N)c1nc(C2(c3ccccc3)CCCC2)no1. The summed E-state index contributed by atoms with van der Waals surface area (Å²) in [6, 6.07) is 9.69. The topological polar surface area (TPSA) is 85.2 Å². The first kappa shape index (κ1) is 14.2. The average molecular weight is 287 g/mol. The van der Waals surface area contributed by atoms with Gasteiger partial charge in [-0.25, -0.2) is 0 Å². The molecule has 2 atom stereocenters. The summed E-state index contributed by atoms with van der Waals surface area (Å²) in [7, 11) is 0. The maximum absolute atomic E-state index is 9.58. The monoisotopic (exact) mass is 287 g/mol. The summed E-state index contributed by atoms with van der Waals surface area (Å²) in [5.74, 6) is 1.000. The van der Waals surface area contributed by atoms with E-state index in [2.05, 4.69) is 22.3 Å². The average Bonchev–Trinajstić information content (AvgIpc) is 3.17. The van der Waals surface area contributed by atoms with Gasteiger partial charge in [0.15, 0.2) is 5.82 Å². The Balaban J connectivity index is 1.99. The molecule has 1 aromatic heterocycles. The molecule has 112 valence electrons. The van der Waals surface area contributed by atoms with Gasteiger partial charge in [0.05, 0.1) is 11.5 Å². The zero-order chi connectivity index (χ0) is 14.9. The minimum Gasteiger partial charge on any atom is -0.391 e. The molecule has 3 N–H and O–H groups in total. The Morgan fingerprint density at radius 3 is 2.52 bits per heavy atom. The van der Waals surface area contributed by atoms with Crippen molar-refractivity contribution in [3.05, 3.63) is 47.6 Å². The standard InChI is InChI=1S/C16H21N3O2/c1-11(20)13(17)14-18-15(19-21-14)16(9-5-6-10-16)12-7-3-2-4-8-12/h2-4,7-8,11,13,20H,5-6,9-10,17H2,1H3. The van der Waals surface area contributed by atoms with Crippen molar-refractivity contribution in [3.8, 4) is 0 Å². The number of benzene rings is 1. The van der Waals surface area contributed by atoms with Crippen LogP contribution in [0, 0.1) is 0 Å². The summed E-state index contributed by atoms with van der Waals surface area (Å²) in [5, 5.41) is 13.8. The minimum absolute atomic E-state index is 0.179. The predicted octanol–water partition coefficient (Wildman–Crippen LogP) is 2.31. The lowest BCUT2D eigenvalue weighted by molar-refractivity contribution is 0.146. The van der Waals surface area contributed by atoms with Crippen LogP contribution in [-0.2, 0) is 5.41 Å². The van der Waals surface area contributed by atoms with E-state index in [0.717, 1.165) is 25.7 Å². The third kappa shape index (κ3) is 2.47. The van der Waals surface area contributed by atoms with Crippen LogP contribution in [0.15, 0.2) is 34.9 Å². The predicted molar refractivity (Wildman–Crippen MR) is 78.6 cm³/mol. The van der Waals surface area contributed by atoms with E-state index in [4.69, 9.17) is 10.3 Å². The Bertz CT molecular complexity index is 589. The lowest BCUT2D eigenvalue weighted by Crippen LogP contribution is -2.26. The van der Waals surface area contributed by atoms with Gasteiger partial charge in [-0.1, -0.05) is 48.3 Å². The Labute approximate surface area is 124 Å². The van der Waals surface area contributed by atoms with Gasteiger partial charge in [-0.05, 0) is 25.3 Å². The van der Waals surface area contributed by atoms with Crippen LogP contribution in [0.5, 0.6) is 0 Å². The van der Waals surface area contributed by atoms with Gasteiger partial charge in [-0.3, -0.25) is 0 Å². The summed E-state index contributed by atoms with van der Waals surface area (Å²) in [4.78, 5) is 4.50. The molecular formula is C16H21N3O2. The molecule has 1 heterocycles. The number of aromatic nitrogens is 2. The summed E-state index contributed by atoms with van der Waals surface area (Å²) in [6.07, 6.45) is 3.62. The highest BCUT2D eigenvalue weighted by molar-refractivity contribution is 5.33.